The molecule has 4 nitrogen and oxygen atoms in total. The number of nitrogens with one attached hydrogen (secondary N) is 1. The fourth-order valence-corrected chi connectivity index (χ4v) is 2.83. The van der Waals surface area contributed by atoms with Crippen molar-refractivity contribution in [3.8, 4) is 0 Å². The molecule has 5 heteroatoms. The molecular formula is C16H19BrN2O2. The summed E-state index contributed by atoms with van der Waals surface area (Å²) in [7, 11) is 0. The average molecular weight is 351 g/mol. The summed E-state index contributed by atoms with van der Waals surface area (Å²) in [4.78, 5) is 0. The fourth-order valence-electron chi connectivity index (χ4n) is 2.42. The van der Waals surface area contributed by atoms with E-state index in [1.165, 1.54) is 12.8 Å². The molecule has 1 heterocycles. The number of nitrogens with zero attached hydrogens (tertiary/aromatic N) is 1. The second kappa shape index (κ2) is 6.73. The van der Waals surface area contributed by atoms with Gasteiger partial charge in [0, 0.05) is 18.0 Å². The molecule has 1 atom stereocenters. The molecule has 1 saturated carbocycles. The van der Waals surface area contributed by atoms with Crippen molar-refractivity contribution in [1.29, 1.82) is 0 Å². The summed E-state index contributed by atoms with van der Waals surface area (Å²) < 4.78 is 6.17. The molecule has 0 bridgehead atoms. The van der Waals surface area contributed by atoms with Gasteiger partial charge in [0.1, 0.15) is 5.76 Å². The van der Waals surface area contributed by atoms with Gasteiger partial charge in [-0.05, 0) is 47.3 Å². The lowest BCUT2D eigenvalue weighted by molar-refractivity contribution is 0.166. The van der Waals surface area contributed by atoms with E-state index >= 15 is 0 Å². The van der Waals surface area contributed by atoms with E-state index < -0.39 is 6.10 Å². The van der Waals surface area contributed by atoms with E-state index in [2.05, 4.69) is 26.4 Å². The monoisotopic (exact) mass is 350 g/mol. The second-order valence-corrected chi connectivity index (χ2v) is 6.23. The molecule has 0 radical (unpaired) electrons. The first-order valence-corrected chi connectivity index (χ1v) is 8.12. The van der Waals surface area contributed by atoms with Gasteiger partial charge in [-0.1, -0.05) is 35.5 Å². The Bertz CT molecular complexity index is 581. The Balaban J connectivity index is 1.47. The topological polar surface area (TPSA) is 58.3 Å². The molecule has 2 N–H and O–H groups in total. The van der Waals surface area contributed by atoms with Gasteiger partial charge in [-0.25, -0.2) is 0 Å². The highest BCUT2D eigenvalue weighted by atomic mass is 79.9. The smallest absolute Gasteiger partial charge is 0.153 e. The Morgan fingerprint density at radius 3 is 2.81 bits per heavy atom. The number of halogens is 1. The zero-order chi connectivity index (χ0) is 14.7. The van der Waals surface area contributed by atoms with Crippen molar-refractivity contribution in [3.05, 3.63) is 51.8 Å². The third-order valence-corrected chi connectivity index (χ3v) is 4.42. The van der Waals surface area contributed by atoms with E-state index in [0.29, 0.717) is 12.3 Å². The number of benzene rings is 1. The Hall–Kier alpha value is -1.17. The molecule has 2 aromatic rings. The van der Waals surface area contributed by atoms with E-state index in [0.717, 1.165) is 34.6 Å². The van der Waals surface area contributed by atoms with Gasteiger partial charge in [0.2, 0.25) is 0 Å². The zero-order valence-electron chi connectivity index (χ0n) is 11.8. The van der Waals surface area contributed by atoms with Gasteiger partial charge in [0.05, 0.1) is 6.10 Å². The summed E-state index contributed by atoms with van der Waals surface area (Å²) in [5.74, 6) is 1.56. The Kier molecular flexibility index (Phi) is 4.73. The molecule has 1 aromatic carbocycles. The van der Waals surface area contributed by atoms with Crippen LogP contribution in [0, 0.1) is 0 Å². The molecule has 1 aliphatic rings. The van der Waals surface area contributed by atoms with Gasteiger partial charge < -0.3 is 14.9 Å². The summed E-state index contributed by atoms with van der Waals surface area (Å²) >= 11 is 3.44. The van der Waals surface area contributed by atoms with Gasteiger partial charge in [0.25, 0.3) is 0 Å². The van der Waals surface area contributed by atoms with Gasteiger partial charge in [-0.3, -0.25) is 0 Å². The molecule has 21 heavy (non-hydrogen) atoms. The van der Waals surface area contributed by atoms with E-state index in [1.807, 2.05) is 30.3 Å². The number of aliphatic hydroxyl groups is 1. The largest absolute Gasteiger partial charge is 0.388 e. The number of hydrogen-bond donors (Lipinski definition) is 2. The van der Waals surface area contributed by atoms with Crippen LogP contribution in [0.3, 0.4) is 0 Å². The van der Waals surface area contributed by atoms with Crippen LogP contribution in [0.4, 0.5) is 0 Å². The van der Waals surface area contributed by atoms with Crippen LogP contribution in [-0.2, 0) is 6.54 Å². The third kappa shape index (κ3) is 3.73. The van der Waals surface area contributed by atoms with Crippen LogP contribution >= 0.6 is 15.9 Å². The van der Waals surface area contributed by atoms with Crippen molar-refractivity contribution in [2.75, 3.05) is 6.54 Å². The third-order valence-electron chi connectivity index (χ3n) is 3.80. The normalized spacial score (nSPS) is 16.1. The predicted molar refractivity (Wildman–Crippen MR) is 83.9 cm³/mol. The fraction of sp³-hybridized carbons (Fsp3) is 0.438. The Labute approximate surface area is 132 Å². The van der Waals surface area contributed by atoms with Crippen molar-refractivity contribution >= 4 is 15.9 Å². The van der Waals surface area contributed by atoms with E-state index in [1.54, 1.807) is 0 Å². The highest BCUT2D eigenvalue weighted by Gasteiger charge is 2.31. The van der Waals surface area contributed by atoms with Gasteiger partial charge in [0.15, 0.2) is 4.60 Å². The molecular weight excluding hydrogens is 332 g/mol. The summed E-state index contributed by atoms with van der Waals surface area (Å²) in [6, 6.07) is 9.75. The zero-order valence-corrected chi connectivity index (χ0v) is 13.3. The molecule has 3 rings (SSSR count). The van der Waals surface area contributed by atoms with Crippen LogP contribution in [0.15, 0.2) is 39.5 Å². The molecule has 112 valence electrons. The van der Waals surface area contributed by atoms with Crippen molar-refractivity contribution in [2.45, 2.75) is 37.8 Å². The number of aliphatic hydroxyl groups excluding tert-OH is 1. The van der Waals surface area contributed by atoms with E-state index in [9.17, 15) is 5.11 Å². The molecule has 0 amide bonds. The summed E-state index contributed by atoms with van der Waals surface area (Å²) in [5.41, 5.74) is 2.08. The van der Waals surface area contributed by atoms with E-state index in [4.69, 9.17) is 4.52 Å². The maximum absolute atomic E-state index is 10.1. The minimum absolute atomic E-state index is 0.424. The SMILES string of the molecule is OC(CCNCc1c(Br)noc1C1CC1)c1ccccc1. The highest BCUT2D eigenvalue weighted by Crippen LogP contribution is 2.43. The molecule has 1 fully saturated rings. The lowest BCUT2D eigenvalue weighted by Gasteiger charge is -2.11. The summed E-state index contributed by atoms with van der Waals surface area (Å²) in [5, 5.41) is 17.5. The molecule has 1 aromatic heterocycles. The van der Waals surface area contributed by atoms with Crippen molar-refractivity contribution in [1.82, 2.24) is 10.5 Å². The van der Waals surface area contributed by atoms with Crippen molar-refractivity contribution in [2.24, 2.45) is 0 Å². The number of hydrogen-bond acceptors (Lipinski definition) is 4. The maximum atomic E-state index is 10.1. The first-order valence-electron chi connectivity index (χ1n) is 7.33. The van der Waals surface area contributed by atoms with Gasteiger partial charge in [-0.2, -0.15) is 0 Å². The minimum Gasteiger partial charge on any atom is -0.388 e. The predicted octanol–water partition coefficient (Wildman–Crippen LogP) is 3.53. The lowest BCUT2D eigenvalue weighted by Crippen LogP contribution is -2.17. The highest BCUT2D eigenvalue weighted by molar-refractivity contribution is 9.10. The average Bonchev–Trinajstić information content (AvgIpc) is 3.29. The maximum Gasteiger partial charge on any atom is 0.153 e. The standard InChI is InChI=1S/C16H19BrN2O2/c17-16-13(15(21-19-16)12-6-7-12)10-18-9-8-14(20)11-4-2-1-3-5-11/h1-5,12,14,18,20H,6-10H2. The Morgan fingerprint density at radius 1 is 1.33 bits per heavy atom. The molecule has 1 aliphatic carbocycles. The van der Waals surface area contributed by atoms with Crippen LogP contribution in [-0.4, -0.2) is 16.8 Å². The lowest BCUT2D eigenvalue weighted by atomic mass is 10.1. The van der Waals surface area contributed by atoms with Crippen LogP contribution in [0.1, 0.15) is 48.2 Å². The Morgan fingerprint density at radius 2 is 2.10 bits per heavy atom. The summed E-state index contributed by atoms with van der Waals surface area (Å²) in [6.45, 7) is 1.47. The van der Waals surface area contributed by atoms with Gasteiger partial charge in [-0.15, -0.1) is 0 Å². The van der Waals surface area contributed by atoms with Crippen LogP contribution in [0.2, 0.25) is 0 Å². The van der Waals surface area contributed by atoms with Crippen molar-refractivity contribution in [3.63, 3.8) is 0 Å². The van der Waals surface area contributed by atoms with Crippen LogP contribution in [0.25, 0.3) is 0 Å². The minimum atomic E-state index is -0.424. The summed E-state index contributed by atoms with van der Waals surface area (Å²) in [6.07, 6.45) is 2.65. The number of rotatable bonds is 7. The molecule has 1 unspecified atom stereocenters. The molecule has 0 saturated heterocycles. The first kappa shape index (κ1) is 14.8. The number of aromatic nitrogens is 1. The van der Waals surface area contributed by atoms with Crippen LogP contribution in [0.5, 0.6) is 0 Å². The quantitative estimate of drug-likeness (QED) is 0.750. The van der Waals surface area contributed by atoms with Crippen molar-refractivity contribution < 1.29 is 9.63 Å². The van der Waals surface area contributed by atoms with E-state index in [-0.39, 0.29) is 0 Å². The second-order valence-electron chi connectivity index (χ2n) is 5.48. The van der Waals surface area contributed by atoms with Crippen LogP contribution < -0.4 is 5.32 Å². The molecule has 0 spiro atoms. The van der Waals surface area contributed by atoms with Gasteiger partial charge >= 0.3 is 0 Å². The molecule has 0 aliphatic heterocycles. The first-order chi connectivity index (χ1) is 10.3.